The van der Waals surface area contributed by atoms with Crippen LogP contribution in [0.5, 0.6) is 5.75 Å². The third-order valence-electron chi connectivity index (χ3n) is 5.04. The lowest BCUT2D eigenvalue weighted by Crippen LogP contribution is -2.38. The predicted octanol–water partition coefficient (Wildman–Crippen LogP) is 3.64. The van der Waals surface area contributed by atoms with Crippen molar-refractivity contribution in [2.75, 3.05) is 31.6 Å². The van der Waals surface area contributed by atoms with Gasteiger partial charge in [0.25, 0.3) is 0 Å². The molecule has 0 amide bonds. The Bertz CT molecular complexity index is 573. The molecule has 0 aromatic heterocycles. The van der Waals surface area contributed by atoms with E-state index < -0.39 is 0 Å². The second kappa shape index (κ2) is 10.3. The van der Waals surface area contributed by atoms with Crippen LogP contribution in [0.3, 0.4) is 0 Å². The zero-order valence-corrected chi connectivity index (χ0v) is 16.9. The summed E-state index contributed by atoms with van der Waals surface area (Å²) in [6, 6.07) is 8.65. The third-order valence-corrected chi connectivity index (χ3v) is 5.04. The normalized spacial score (nSPS) is 19.0. The summed E-state index contributed by atoms with van der Waals surface area (Å²) in [6.07, 6.45) is 4.79. The Morgan fingerprint density at radius 2 is 2.15 bits per heavy atom. The fourth-order valence-electron chi connectivity index (χ4n) is 3.45. The van der Waals surface area contributed by atoms with Gasteiger partial charge in [-0.1, -0.05) is 32.8 Å². The van der Waals surface area contributed by atoms with E-state index in [9.17, 15) is 0 Å². The van der Waals surface area contributed by atoms with Gasteiger partial charge in [0.1, 0.15) is 5.75 Å². The zero-order chi connectivity index (χ0) is 18.9. The Labute approximate surface area is 159 Å². The number of nitrogens with two attached hydrogens (primary N) is 1. The van der Waals surface area contributed by atoms with Crippen molar-refractivity contribution in [3.8, 4) is 5.75 Å². The lowest BCUT2D eigenvalue weighted by atomic mass is 10.0. The molecule has 5 nitrogen and oxygen atoms in total. The van der Waals surface area contributed by atoms with Crippen LogP contribution in [0.25, 0.3) is 0 Å². The van der Waals surface area contributed by atoms with Crippen LogP contribution >= 0.6 is 0 Å². The minimum absolute atomic E-state index is 0.384. The molecular weight excluding hydrogens is 324 g/mol. The summed E-state index contributed by atoms with van der Waals surface area (Å²) in [5.74, 6) is 2.81. The molecule has 0 aliphatic carbocycles. The van der Waals surface area contributed by atoms with Crippen LogP contribution in [-0.2, 0) is 0 Å². The number of ether oxygens (including phenoxy) is 1. The largest absolute Gasteiger partial charge is 0.497 e. The highest BCUT2D eigenvalue weighted by Gasteiger charge is 2.22. The van der Waals surface area contributed by atoms with E-state index in [1.165, 1.54) is 18.5 Å². The SMILES string of the molecule is COc1cccc(N2CCC(CN=C(N)NC(C)CCCC(C)C)C2)c1. The van der Waals surface area contributed by atoms with Crippen LogP contribution in [0.2, 0.25) is 0 Å². The van der Waals surface area contributed by atoms with E-state index >= 15 is 0 Å². The standard InChI is InChI=1S/C21H36N4O/c1-16(2)7-5-8-17(3)24-21(22)23-14-18-11-12-25(15-18)19-9-6-10-20(13-19)26-4/h6,9-10,13,16-18H,5,7-8,11-12,14-15H2,1-4H3,(H3,22,23,24). The Hall–Kier alpha value is -1.91. The van der Waals surface area contributed by atoms with E-state index in [0.717, 1.165) is 44.1 Å². The summed E-state index contributed by atoms with van der Waals surface area (Å²) < 4.78 is 5.32. The average molecular weight is 361 g/mol. The molecule has 26 heavy (non-hydrogen) atoms. The molecule has 2 rings (SSSR count). The number of hydrogen-bond acceptors (Lipinski definition) is 3. The lowest BCUT2D eigenvalue weighted by molar-refractivity contribution is 0.415. The van der Waals surface area contributed by atoms with Gasteiger partial charge in [-0.25, -0.2) is 0 Å². The molecule has 146 valence electrons. The van der Waals surface area contributed by atoms with Crippen LogP contribution in [-0.4, -0.2) is 38.7 Å². The van der Waals surface area contributed by atoms with Crippen molar-refractivity contribution in [3.05, 3.63) is 24.3 Å². The number of nitrogens with zero attached hydrogens (tertiary/aromatic N) is 2. The number of benzene rings is 1. The number of rotatable bonds is 9. The van der Waals surface area contributed by atoms with E-state index in [-0.39, 0.29) is 0 Å². The fourth-order valence-corrected chi connectivity index (χ4v) is 3.45. The van der Waals surface area contributed by atoms with Crippen LogP contribution in [0.4, 0.5) is 5.69 Å². The summed E-state index contributed by atoms with van der Waals surface area (Å²) in [6.45, 7) is 9.59. The van der Waals surface area contributed by atoms with Gasteiger partial charge in [-0.2, -0.15) is 0 Å². The summed E-state index contributed by atoms with van der Waals surface area (Å²) in [5, 5.41) is 3.33. The number of methoxy groups -OCH3 is 1. The smallest absolute Gasteiger partial charge is 0.188 e. The van der Waals surface area contributed by atoms with Crippen molar-refractivity contribution in [3.63, 3.8) is 0 Å². The Morgan fingerprint density at radius 3 is 2.88 bits per heavy atom. The molecule has 3 N–H and O–H groups in total. The molecular formula is C21H36N4O. The van der Waals surface area contributed by atoms with Gasteiger partial charge in [0, 0.05) is 37.4 Å². The average Bonchev–Trinajstić information content (AvgIpc) is 3.09. The molecule has 1 fully saturated rings. The molecule has 1 aliphatic heterocycles. The van der Waals surface area contributed by atoms with Crippen LogP contribution < -0.4 is 20.7 Å². The molecule has 2 unspecified atom stereocenters. The first-order valence-electron chi connectivity index (χ1n) is 9.93. The molecule has 0 radical (unpaired) electrons. The number of aliphatic imine (C=N–C) groups is 1. The fraction of sp³-hybridized carbons (Fsp3) is 0.667. The summed E-state index contributed by atoms with van der Waals surface area (Å²) in [4.78, 5) is 6.99. The molecule has 5 heteroatoms. The Kier molecular flexibility index (Phi) is 8.07. The maximum Gasteiger partial charge on any atom is 0.188 e. The third kappa shape index (κ3) is 6.77. The summed E-state index contributed by atoms with van der Waals surface area (Å²) in [7, 11) is 1.71. The van der Waals surface area contributed by atoms with Crippen molar-refractivity contribution < 1.29 is 4.74 Å². The van der Waals surface area contributed by atoms with Gasteiger partial charge < -0.3 is 20.7 Å². The topological polar surface area (TPSA) is 62.9 Å². The molecule has 1 saturated heterocycles. The van der Waals surface area contributed by atoms with Gasteiger partial charge >= 0.3 is 0 Å². The minimum atomic E-state index is 0.384. The van der Waals surface area contributed by atoms with E-state index in [1.807, 2.05) is 12.1 Å². The first-order chi connectivity index (χ1) is 12.5. The predicted molar refractivity (Wildman–Crippen MR) is 111 cm³/mol. The zero-order valence-electron chi connectivity index (χ0n) is 16.9. The van der Waals surface area contributed by atoms with Crippen molar-refractivity contribution in [2.24, 2.45) is 22.6 Å². The lowest BCUT2D eigenvalue weighted by Gasteiger charge is -2.19. The van der Waals surface area contributed by atoms with Gasteiger partial charge in [0.15, 0.2) is 5.96 Å². The Morgan fingerprint density at radius 1 is 1.35 bits per heavy atom. The highest BCUT2D eigenvalue weighted by molar-refractivity contribution is 5.78. The summed E-state index contributed by atoms with van der Waals surface area (Å²) >= 11 is 0. The van der Waals surface area contributed by atoms with Gasteiger partial charge in [-0.15, -0.1) is 0 Å². The molecule has 0 spiro atoms. The molecule has 0 saturated carbocycles. The maximum absolute atomic E-state index is 6.08. The second-order valence-electron chi connectivity index (χ2n) is 7.90. The molecule has 1 heterocycles. The first kappa shape index (κ1) is 20.4. The van der Waals surface area contributed by atoms with Crippen molar-refractivity contribution in [1.82, 2.24) is 5.32 Å². The molecule has 1 aliphatic rings. The quantitative estimate of drug-likeness (QED) is 0.521. The van der Waals surface area contributed by atoms with Crippen LogP contribution in [0.1, 0.15) is 46.5 Å². The van der Waals surface area contributed by atoms with E-state index in [4.69, 9.17) is 10.5 Å². The van der Waals surface area contributed by atoms with E-state index in [0.29, 0.717) is 17.9 Å². The molecule has 1 aromatic carbocycles. The van der Waals surface area contributed by atoms with Crippen LogP contribution in [0, 0.1) is 11.8 Å². The van der Waals surface area contributed by atoms with E-state index in [2.05, 4.69) is 48.1 Å². The van der Waals surface area contributed by atoms with Gasteiger partial charge in [-0.3, -0.25) is 4.99 Å². The Balaban J connectivity index is 1.74. The van der Waals surface area contributed by atoms with E-state index in [1.54, 1.807) is 7.11 Å². The van der Waals surface area contributed by atoms with Crippen LogP contribution in [0.15, 0.2) is 29.3 Å². The number of hydrogen-bond donors (Lipinski definition) is 2. The number of anilines is 1. The summed E-state index contributed by atoms with van der Waals surface area (Å²) in [5.41, 5.74) is 7.30. The van der Waals surface area contributed by atoms with Crippen molar-refractivity contribution >= 4 is 11.6 Å². The van der Waals surface area contributed by atoms with Crippen molar-refractivity contribution in [1.29, 1.82) is 0 Å². The molecule has 1 aromatic rings. The van der Waals surface area contributed by atoms with Crippen molar-refractivity contribution in [2.45, 2.75) is 52.5 Å². The highest BCUT2D eigenvalue weighted by Crippen LogP contribution is 2.26. The molecule has 2 atom stereocenters. The monoisotopic (exact) mass is 360 g/mol. The van der Waals surface area contributed by atoms with Gasteiger partial charge in [-0.05, 0) is 43.7 Å². The van der Waals surface area contributed by atoms with Gasteiger partial charge in [0.05, 0.1) is 7.11 Å². The minimum Gasteiger partial charge on any atom is -0.497 e. The first-order valence-corrected chi connectivity index (χ1v) is 9.93. The highest BCUT2D eigenvalue weighted by atomic mass is 16.5. The number of nitrogens with one attached hydrogen (secondary N) is 1. The number of guanidine groups is 1. The second-order valence-corrected chi connectivity index (χ2v) is 7.90. The molecule has 0 bridgehead atoms. The van der Waals surface area contributed by atoms with Gasteiger partial charge in [0.2, 0.25) is 0 Å². The maximum atomic E-state index is 6.08.